The van der Waals surface area contributed by atoms with Crippen molar-refractivity contribution in [3.63, 3.8) is 0 Å². The summed E-state index contributed by atoms with van der Waals surface area (Å²) in [7, 11) is 0. The summed E-state index contributed by atoms with van der Waals surface area (Å²) in [6.07, 6.45) is 4.60. The topological polar surface area (TPSA) is 19.4 Å². The minimum absolute atomic E-state index is 0.551. The monoisotopic (exact) mass is 345 g/mol. The number of piperazine rings is 1. The van der Waals surface area contributed by atoms with E-state index in [9.17, 15) is 0 Å². The van der Waals surface area contributed by atoms with Crippen LogP contribution in [0.4, 0.5) is 5.69 Å². The zero-order chi connectivity index (χ0) is 14.4. The highest BCUT2D eigenvalue weighted by atomic mass is 79.9. The van der Waals surface area contributed by atoms with Crippen LogP contribution in [-0.4, -0.2) is 41.6 Å². The van der Waals surface area contributed by atoms with Crippen LogP contribution in [0.25, 0.3) is 10.9 Å². The fourth-order valence-corrected chi connectivity index (χ4v) is 4.22. The number of hydrogen-bond donors (Lipinski definition) is 0. The third kappa shape index (κ3) is 2.34. The molecule has 0 amide bonds. The second-order valence-electron chi connectivity index (χ2n) is 6.29. The molecule has 110 valence electrons. The average molecular weight is 346 g/mol. The quantitative estimate of drug-likeness (QED) is 0.785. The van der Waals surface area contributed by atoms with Crippen molar-refractivity contribution in [2.75, 3.05) is 24.5 Å². The van der Waals surface area contributed by atoms with Crippen LogP contribution < -0.4 is 4.90 Å². The molecular formula is C17H20BrN3. The van der Waals surface area contributed by atoms with Crippen LogP contribution in [0.2, 0.25) is 0 Å². The van der Waals surface area contributed by atoms with Gasteiger partial charge in [0.25, 0.3) is 0 Å². The van der Waals surface area contributed by atoms with Gasteiger partial charge in [-0.2, -0.15) is 0 Å². The van der Waals surface area contributed by atoms with E-state index in [-0.39, 0.29) is 0 Å². The number of para-hydroxylation sites is 1. The van der Waals surface area contributed by atoms with Gasteiger partial charge in [0.15, 0.2) is 0 Å². The molecule has 0 aliphatic carbocycles. The van der Waals surface area contributed by atoms with Crippen molar-refractivity contribution < 1.29 is 0 Å². The van der Waals surface area contributed by atoms with Gasteiger partial charge in [0.2, 0.25) is 0 Å². The first kappa shape index (κ1) is 13.5. The Morgan fingerprint density at radius 1 is 1.29 bits per heavy atom. The first-order valence-corrected chi connectivity index (χ1v) is 8.56. The minimum Gasteiger partial charge on any atom is -0.364 e. The molecule has 2 fully saturated rings. The highest BCUT2D eigenvalue weighted by Gasteiger charge is 2.34. The molecule has 2 atom stereocenters. The molecule has 21 heavy (non-hydrogen) atoms. The highest BCUT2D eigenvalue weighted by molar-refractivity contribution is 9.10. The van der Waals surface area contributed by atoms with Crippen molar-refractivity contribution >= 4 is 32.5 Å². The Balaban J connectivity index is 1.75. The predicted octanol–water partition coefficient (Wildman–Crippen LogP) is 3.67. The number of rotatable bonds is 1. The Hall–Kier alpha value is -1.13. The second-order valence-corrected chi connectivity index (χ2v) is 7.21. The summed E-state index contributed by atoms with van der Waals surface area (Å²) in [5.41, 5.74) is 2.41. The summed E-state index contributed by atoms with van der Waals surface area (Å²) >= 11 is 3.52. The number of aromatic nitrogens is 1. The largest absolute Gasteiger partial charge is 0.364 e. The van der Waals surface area contributed by atoms with E-state index in [4.69, 9.17) is 0 Å². The molecular weight excluding hydrogens is 326 g/mol. The minimum atomic E-state index is 0.551. The number of pyridine rings is 1. The number of fused-ring (bicyclic) bond motifs is 2. The molecule has 0 spiro atoms. The Labute approximate surface area is 134 Å². The number of benzene rings is 1. The molecule has 2 saturated heterocycles. The lowest BCUT2D eigenvalue weighted by molar-refractivity contribution is 0.203. The number of nitrogens with zero attached hydrogens (tertiary/aromatic N) is 3. The van der Waals surface area contributed by atoms with Crippen LogP contribution >= 0.6 is 15.9 Å². The lowest BCUT2D eigenvalue weighted by atomic mass is 10.1. The summed E-state index contributed by atoms with van der Waals surface area (Å²) in [6, 6.07) is 9.96. The third-order valence-electron chi connectivity index (χ3n) is 4.90. The van der Waals surface area contributed by atoms with Gasteiger partial charge < -0.3 is 4.90 Å². The Morgan fingerprint density at radius 2 is 2.19 bits per heavy atom. The van der Waals surface area contributed by atoms with Gasteiger partial charge in [0.05, 0.1) is 11.2 Å². The van der Waals surface area contributed by atoms with Gasteiger partial charge in [-0.15, -0.1) is 0 Å². The lowest BCUT2D eigenvalue weighted by Crippen LogP contribution is -2.55. The van der Waals surface area contributed by atoms with E-state index < -0.39 is 0 Å². The second kappa shape index (κ2) is 5.25. The first-order chi connectivity index (χ1) is 10.2. The van der Waals surface area contributed by atoms with Crippen LogP contribution in [0, 0.1) is 0 Å². The Bertz CT molecular complexity index is 672. The molecule has 4 heteroatoms. The molecule has 0 radical (unpaired) electrons. The zero-order valence-electron chi connectivity index (χ0n) is 12.3. The van der Waals surface area contributed by atoms with Gasteiger partial charge in [-0.1, -0.05) is 12.1 Å². The number of hydrogen-bond acceptors (Lipinski definition) is 3. The highest BCUT2D eigenvalue weighted by Crippen LogP contribution is 2.33. The normalized spacial score (nSPS) is 26.3. The fraction of sp³-hybridized carbons (Fsp3) is 0.471. The number of halogens is 1. The summed E-state index contributed by atoms with van der Waals surface area (Å²) < 4.78 is 1.04. The molecule has 0 bridgehead atoms. The molecule has 2 aliphatic heterocycles. The molecule has 3 heterocycles. The van der Waals surface area contributed by atoms with Gasteiger partial charge >= 0.3 is 0 Å². The molecule has 2 aliphatic rings. The van der Waals surface area contributed by atoms with Crippen LogP contribution in [0.5, 0.6) is 0 Å². The summed E-state index contributed by atoms with van der Waals surface area (Å²) in [5.74, 6) is 0. The lowest BCUT2D eigenvalue weighted by Gasteiger charge is -2.43. The van der Waals surface area contributed by atoms with E-state index in [1.54, 1.807) is 0 Å². The van der Waals surface area contributed by atoms with Crippen LogP contribution in [0.3, 0.4) is 0 Å². The number of anilines is 1. The molecule has 2 aromatic rings. The maximum absolute atomic E-state index is 4.67. The molecule has 3 nitrogen and oxygen atoms in total. The van der Waals surface area contributed by atoms with Crippen LogP contribution in [0.1, 0.15) is 19.8 Å². The summed E-state index contributed by atoms with van der Waals surface area (Å²) in [6.45, 7) is 5.94. The van der Waals surface area contributed by atoms with E-state index in [0.717, 1.165) is 22.6 Å². The molecule has 0 N–H and O–H groups in total. The van der Waals surface area contributed by atoms with Crippen molar-refractivity contribution in [1.29, 1.82) is 0 Å². The van der Waals surface area contributed by atoms with Gasteiger partial charge in [-0.3, -0.25) is 9.88 Å². The molecule has 1 aromatic carbocycles. The van der Waals surface area contributed by atoms with Crippen molar-refractivity contribution in [2.45, 2.75) is 31.8 Å². The Morgan fingerprint density at radius 3 is 3.10 bits per heavy atom. The van der Waals surface area contributed by atoms with Gasteiger partial charge in [-0.05, 0) is 54.4 Å². The van der Waals surface area contributed by atoms with Crippen molar-refractivity contribution in [1.82, 2.24) is 9.88 Å². The predicted molar refractivity (Wildman–Crippen MR) is 90.8 cm³/mol. The maximum Gasteiger partial charge on any atom is 0.0936 e. The Kier molecular flexibility index (Phi) is 3.38. The van der Waals surface area contributed by atoms with Crippen molar-refractivity contribution in [3.8, 4) is 0 Å². The summed E-state index contributed by atoms with van der Waals surface area (Å²) in [5, 5.41) is 1.21. The van der Waals surface area contributed by atoms with Gasteiger partial charge in [0, 0.05) is 41.2 Å². The SMILES string of the molecule is CC1CN2CCCC2CN1c1cccc2cc(Br)cnc12. The standard InChI is InChI=1S/C17H20BrN3/c1-12-10-20-7-3-5-15(20)11-21(12)16-6-2-4-13-8-14(18)9-19-17(13)16/h2,4,6,8-9,12,15H,3,5,7,10-11H2,1H3. The van der Waals surface area contributed by atoms with E-state index in [0.29, 0.717) is 6.04 Å². The molecule has 2 unspecified atom stereocenters. The van der Waals surface area contributed by atoms with Crippen LogP contribution in [0.15, 0.2) is 34.9 Å². The molecule has 0 saturated carbocycles. The van der Waals surface area contributed by atoms with Crippen molar-refractivity contribution in [2.24, 2.45) is 0 Å². The smallest absolute Gasteiger partial charge is 0.0936 e. The van der Waals surface area contributed by atoms with E-state index in [1.165, 1.54) is 37.0 Å². The molecule has 1 aromatic heterocycles. The first-order valence-electron chi connectivity index (χ1n) is 7.77. The van der Waals surface area contributed by atoms with E-state index in [1.807, 2.05) is 6.20 Å². The van der Waals surface area contributed by atoms with Crippen molar-refractivity contribution in [3.05, 3.63) is 34.9 Å². The molecule has 4 rings (SSSR count). The van der Waals surface area contributed by atoms with Gasteiger partial charge in [-0.25, -0.2) is 0 Å². The zero-order valence-corrected chi connectivity index (χ0v) is 13.9. The van der Waals surface area contributed by atoms with Gasteiger partial charge in [0.1, 0.15) is 0 Å². The third-order valence-corrected chi connectivity index (χ3v) is 5.34. The average Bonchev–Trinajstić information content (AvgIpc) is 2.92. The summed E-state index contributed by atoms with van der Waals surface area (Å²) in [4.78, 5) is 9.90. The van der Waals surface area contributed by atoms with Crippen LogP contribution in [-0.2, 0) is 0 Å². The van der Waals surface area contributed by atoms with E-state index in [2.05, 4.69) is 61.9 Å². The fourth-order valence-electron chi connectivity index (χ4n) is 3.87. The maximum atomic E-state index is 4.67. The van der Waals surface area contributed by atoms with E-state index >= 15 is 0 Å².